The van der Waals surface area contributed by atoms with Gasteiger partial charge < -0.3 is 9.13 Å². The average molecular weight is 499 g/mol. The molecule has 0 aliphatic heterocycles. The van der Waals surface area contributed by atoms with Crippen LogP contribution in [0.3, 0.4) is 0 Å². The van der Waals surface area contributed by atoms with Crippen LogP contribution in [0.25, 0.3) is 66.1 Å². The molecule has 39 heavy (non-hydrogen) atoms. The highest BCUT2D eigenvalue weighted by molar-refractivity contribution is 6.12. The Kier molecular flexibility index (Phi) is 4.77. The van der Waals surface area contributed by atoms with Crippen LogP contribution in [0.1, 0.15) is 5.56 Å². The second-order valence-corrected chi connectivity index (χ2v) is 10.3. The molecule has 0 saturated carbocycles. The van der Waals surface area contributed by atoms with E-state index < -0.39 is 0 Å². The molecule has 0 atom stereocenters. The van der Waals surface area contributed by atoms with Gasteiger partial charge in [0, 0.05) is 32.9 Å². The van der Waals surface area contributed by atoms with Crippen molar-refractivity contribution in [1.82, 2.24) is 9.13 Å². The molecule has 0 aliphatic carbocycles. The van der Waals surface area contributed by atoms with Crippen molar-refractivity contribution in [1.29, 1.82) is 0 Å². The maximum Gasteiger partial charge on any atom is 0.0547 e. The topological polar surface area (TPSA) is 9.86 Å². The molecule has 0 saturated heterocycles. The summed E-state index contributed by atoms with van der Waals surface area (Å²) in [6.07, 6.45) is 0. The van der Waals surface area contributed by atoms with Crippen molar-refractivity contribution < 1.29 is 0 Å². The van der Waals surface area contributed by atoms with Gasteiger partial charge in [-0.2, -0.15) is 0 Å². The molecule has 8 rings (SSSR count). The first kappa shape index (κ1) is 22.0. The van der Waals surface area contributed by atoms with Crippen molar-refractivity contribution in [2.24, 2.45) is 0 Å². The van der Waals surface area contributed by atoms with E-state index in [4.69, 9.17) is 0 Å². The van der Waals surface area contributed by atoms with Gasteiger partial charge in [0.2, 0.25) is 0 Å². The highest BCUT2D eigenvalue weighted by atomic mass is 15.0. The van der Waals surface area contributed by atoms with Crippen LogP contribution in [0.2, 0.25) is 0 Å². The first-order valence-electron chi connectivity index (χ1n) is 13.5. The second kappa shape index (κ2) is 8.47. The number of aromatic nitrogens is 2. The molecule has 0 aliphatic rings. The monoisotopic (exact) mass is 498 g/mol. The van der Waals surface area contributed by atoms with Gasteiger partial charge in [0.05, 0.1) is 22.1 Å². The summed E-state index contributed by atoms with van der Waals surface area (Å²) in [6, 6.07) is 50.7. The molecule has 0 N–H and O–H groups in total. The summed E-state index contributed by atoms with van der Waals surface area (Å²) in [7, 11) is 0. The number of nitrogens with zero attached hydrogens (tertiary/aromatic N) is 2. The fourth-order valence-electron chi connectivity index (χ4n) is 6.13. The van der Waals surface area contributed by atoms with Gasteiger partial charge in [-0.3, -0.25) is 0 Å². The molecule has 6 aromatic carbocycles. The molecule has 0 fully saturated rings. The summed E-state index contributed by atoms with van der Waals surface area (Å²) in [5.41, 5.74) is 11.0. The van der Waals surface area contributed by atoms with Gasteiger partial charge in [-0.25, -0.2) is 0 Å². The zero-order valence-electron chi connectivity index (χ0n) is 21.7. The van der Waals surface area contributed by atoms with Crippen LogP contribution >= 0.6 is 0 Å². The number of fused-ring (bicyclic) bond motifs is 6. The quantitative estimate of drug-likeness (QED) is 0.229. The fourth-order valence-corrected chi connectivity index (χ4v) is 6.13. The summed E-state index contributed by atoms with van der Waals surface area (Å²) in [6.45, 7) is 2.14. The molecule has 0 spiro atoms. The first-order chi connectivity index (χ1) is 19.3. The molecule has 8 aromatic rings. The van der Waals surface area contributed by atoms with Crippen molar-refractivity contribution >= 4 is 43.6 Å². The van der Waals surface area contributed by atoms with Crippen LogP contribution in [0.4, 0.5) is 0 Å². The summed E-state index contributed by atoms with van der Waals surface area (Å²) in [5, 5.41) is 5.09. The average Bonchev–Trinajstić information content (AvgIpc) is 3.50. The Morgan fingerprint density at radius 2 is 0.872 bits per heavy atom. The van der Waals surface area contributed by atoms with Gasteiger partial charge in [-0.05, 0) is 72.6 Å². The minimum absolute atomic E-state index is 1.18. The zero-order valence-corrected chi connectivity index (χ0v) is 21.7. The predicted molar refractivity (Wildman–Crippen MR) is 165 cm³/mol. The van der Waals surface area contributed by atoms with Gasteiger partial charge in [0.25, 0.3) is 0 Å². The van der Waals surface area contributed by atoms with Gasteiger partial charge in [0.1, 0.15) is 0 Å². The molecule has 0 amide bonds. The Morgan fingerprint density at radius 3 is 1.62 bits per heavy atom. The summed E-state index contributed by atoms with van der Waals surface area (Å²) >= 11 is 0. The second-order valence-electron chi connectivity index (χ2n) is 10.3. The van der Waals surface area contributed by atoms with Crippen molar-refractivity contribution in [3.63, 3.8) is 0 Å². The summed E-state index contributed by atoms with van der Waals surface area (Å²) in [5.74, 6) is 0. The van der Waals surface area contributed by atoms with Crippen LogP contribution in [0.15, 0.2) is 140 Å². The highest BCUT2D eigenvalue weighted by Gasteiger charge is 2.15. The van der Waals surface area contributed by atoms with Crippen molar-refractivity contribution in [2.75, 3.05) is 0 Å². The van der Waals surface area contributed by atoms with Gasteiger partial charge in [-0.1, -0.05) is 90.5 Å². The number of hydrogen-bond donors (Lipinski definition) is 0. The lowest BCUT2D eigenvalue weighted by Gasteiger charge is -2.10. The standard InChI is InChI=1S/C37H26N2/c1-25-15-19-29(20-16-25)39-34-13-7-5-11-30(34)32-21-17-27(24-37(32)39)26-18-22-36-33(23-26)31-12-6-8-14-35(31)38(36)28-9-3-2-4-10-28/h2-24H,1H3. The molecule has 2 aromatic heterocycles. The van der Waals surface area contributed by atoms with Gasteiger partial charge in [0.15, 0.2) is 0 Å². The molecule has 2 heteroatoms. The van der Waals surface area contributed by atoms with Crippen molar-refractivity contribution in [2.45, 2.75) is 6.92 Å². The molecule has 184 valence electrons. The maximum atomic E-state index is 2.40. The minimum Gasteiger partial charge on any atom is -0.309 e. The maximum absolute atomic E-state index is 2.40. The fraction of sp³-hybridized carbons (Fsp3) is 0.0270. The lowest BCUT2D eigenvalue weighted by Crippen LogP contribution is -1.94. The van der Waals surface area contributed by atoms with Crippen LogP contribution in [0, 0.1) is 6.92 Å². The van der Waals surface area contributed by atoms with E-state index in [2.05, 4.69) is 156 Å². The van der Waals surface area contributed by atoms with Crippen LogP contribution < -0.4 is 0 Å². The Balaban J connectivity index is 1.37. The Bertz CT molecular complexity index is 2160. The summed E-state index contributed by atoms with van der Waals surface area (Å²) < 4.78 is 4.76. The molecule has 2 heterocycles. The highest BCUT2D eigenvalue weighted by Crippen LogP contribution is 2.38. The summed E-state index contributed by atoms with van der Waals surface area (Å²) in [4.78, 5) is 0. The van der Waals surface area contributed by atoms with Crippen molar-refractivity contribution in [3.05, 3.63) is 145 Å². The number of rotatable bonds is 3. The zero-order chi connectivity index (χ0) is 25.9. The van der Waals surface area contributed by atoms with E-state index >= 15 is 0 Å². The van der Waals surface area contributed by atoms with Crippen LogP contribution in [-0.4, -0.2) is 9.13 Å². The third-order valence-electron chi connectivity index (χ3n) is 7.99. The number of hydrogen-bond acceptors (Lipinski definition) is 0. The van der Waals surface area contributed by atoms with Crippen LogP contribution in [-0.2, 0) is 0 Å². The van der Waals surface area contributed by atoms with E-state index in [9.17, 15) is 0 Å². The lowest BCUT2D eigenvalue weighted by atomic mass is 10.0. The van der Waals surface area contributed by atoms with E-state index in [0.717, 1.165) is 0 Å². The smallest absolute Gasteiger partial charge is 0.0547 e. The Labute approximate surface area is 227 Å². The molecule has 0 radical (unpaired) electrons. The van der Waals surface area contributed by atoms with Gasteiger partial charge in [-0.15, -0.1) is 0 Å². The van der Waals surface area contributed by atoms with Gasteiger partial charge >= 0.3 is 0 Å². The third kappa shape index (κ3) is 3.35. The predicted octanol–water partition coefficient (Wildman–Crippen LogP) is 9.86. The number of aryl methyl sites for hydroxylation is 1. The number of para-hydroxylation sites is 3. The van der Waals surface area contributed by atoms with E-state index in [1.165, 1.54) is 71.7 Å². The molecule has 2 nitrogen and oxygen atoms in total. The SMILES string of the molecule is Cc1ccc(-n2c3ccccc3c3ccc(-c4ccc5c(c4)c4ccccc4n5-c4ccccc4)cc32)cc1. The minimum atomic E-state index is 1.18. The van der Waals surface area contributed by atoms with E-state index in [-0.39, 0.29) is 0 Å². The Morgan fingerprint density at radius 1 is 0.359 bits per heavy atom. The molecular formula is C37H26N2. The molecule has 0 bridgehead atoms. The Hall–Kier alpha value is -5.08. The van der Waals surface area contributed by atoms with E-state index in [1.54, 1.807) is 0 Å². The number of benzene rings is 6. The first-order valence-corrected chi connectivity index (χ1v) is 13.5. The third-order valence-corrected chi connectivity index (χ3v) is 7.99. The van der Waals surface area contributed by atoms with E-state index in [0.29, 0.717) is 0 Å². The van der Waals surface area contributed by atoms with Crippen molar-refractivity contribution in [3.8, 4) is 22.5 Å². The normalized spacial score (nSPS) is 11.7. The van der Waals surface area contributed by atoms with Crippen LogP contribution in [0.5, 0.6) is 0 Å². The lowest BCUT2D eigenvalue weighted by molar-refractivity contribution is 1.17. The molecular weight excluding hydrogens is 472 g/mol. The molecule has 0 unspecified atom stereocenters. The largest absolute Gasteiger partial charge is 0.309 e. The van der Waals surface area contributed by atoms with E-state index in [1.807, 2.05) is 0 Å².